The summed E-state index contributed by atoms with van der Waals surface area (Å²) in [6.07, 6.45) is -0.363. The predicted octanol–water partition coefficient (Wildman–Crippen LogP) is 4.55. The SMILES string of the molecule is O=C(O)c1ccccc1OC(c1ccccc1)c1ccccc1. The molecule has 0 bridgehead atoms. The summed E-state index contributed by atoms with van der Waals surface area (Å²) in [4.78, 5) is 11.4. The van der Waals surface area contributed by atoms with Crippen LogP contribution in [-0.4, -0.2) is 11.1 Å². The van der Waals surface area contributed by atoms with E-state index in [9.17, 15) is 9.90 Å². The highest BCUT2D eigenvalue weighted by atomic mass is 16.5. The molecule has 3 rings (SSSR count). The number of carbonyl (C=O) groups is 1. The summed E-state index contributed by atoms with van der Waals surface area (Å²) in [5.74, 6) is -0.641. The molecule has 0 aromatic heterocycles. The number of hydrogen-bond acceptors (Lipinski definition) is 2. The molecule has 0 spiro atoms. The number of ether oxygens (including phenoxy) is 1. The number of hydrogen-bond donors (Lipinski definition) is 1. The van der Waals surface area contributed by atoms with Crippen molar-refractivity contribution >= 4 is 5.97 Å². The maximum Gasteiger partial charge on any atom is 0.339 e. The van der Waals surface area contributed by atoms with Crippen LogP contribution in [0.1, 0.15) is 27.6 Å². The molecule has 0 fully saturated rings. The maximum atomic E-state index is 11.4. The van der Waals surface area contributed by atoms with Crippen LogP contribution < -0.4 is 4.74 Å². The number of rotatable bonds is 5. The fourth-order valence-corrected chi connectivity index (χ4v) is 2.46. The summed E-state index contributed by atoms with van der Waals surface area (Å²) in [6, 6.07) is 26.2. The Morgan fingerprint density at radius 3 is 1.74 bits per heavy atom. The van der Waals surface area contributed by atoms with E-state index in [1.165, 1.54) is 0 Å². The van der Waals surface area contributed by atoms with E-state index in [2.05, 4.69) is 0 Å². The average Bonchev–Trinajstić information content (AvgIpc) is 2.61. The second-order valence-electron chi connectivity index (χ2n) is 5.12. The molecule has 0 saturated heterocycles. The van der Waals surface area contributed by atoms with Crippen LogP contribution in [0.2, 0.25) is 0 Å². The number of benzene rings is 3. The van der Waals surface area contributed by atoms with Gasteiger partial charge in [-0.2, -0.15) is 0 Å². The van der Waals surface area contributed by atoms with Crippen LogP contribution in [0.15, 0.2) is 84.9 Å². The van der Waals surface area contributed by atoms with Crippen molar-refractivity contribution in [2.24, 2.45) is 0 Å². The highest BCUT2D eigenvalue weighted by Crippen LogP contribution is 2.30. The standard InChI is InChI=1S/C20H16O3/c21-20(22)17-13-7-8-14-18(17)23-19(15-9-3-1-4-10-15)16-11-5-2-6-12-16/h1-14,19H,(H,21,22). The zero-order valence-electron chi connectivity index (χ0n) is 12.4. The molecule has 0 atom stereocenters. The molecule has 3 aromatic rings. The number of carboxylic acids is 1. The highest BCUT2D eigenvalue weighted by molar-refractivity contribution is 5.90. The maximum absolute atomic E-state index is 11.4. The smallest absolute Gasteiger partial charge is 0.339 e. The summed E-state index contributed by atoms with van der Waals surface area (Å²) in [5, 5.41) is 9.34. The summed E-state index contributed by atoms with van der Waals surface area (Å²) in [6.45, 7) is 0. The molecule has 23 heavy (non-hydrogen) atoms. The second-order valence-corrected chi connectivity index (χ2v) is 5.12. The van der Waals surface area contributed by atoms with Crippen LogP contribution in [-0.2, 0) is 0 Å². The molecule has 3 nitrogen and oxygen atoms in total. The van der Waals surface area contributed by atoms with Gasteiger partial charge in [0.15, 0.2) is 0 Å². The van der Waals surface area contributed by atoms with Gasteiger partial charge in [0.25, 0.3) is 0 Å². The van der Waals surface area contributed by atoms with E-state index in [1.54, 1.807) is 24.3 Å². The van der Waals surface area contributed by atoms with Crippen molar-refractivity contribution in [2.75, 3.05) is 0 Å². The van der Waals surface area contributed by atoms with Gasteiger partial charge in [-0.15, -0.1) is 0 Å². The van der Waals surface area contributed by atoms with E-state index >= 15 is 0 Å². The van der Waals surface area contributed by atoms with Crippen LogP contribution in [0.5, 0.6) is 5.75 Å². The Labute approximate surface area is 134 Å². The molecule has 0 saturated carbocycles. The van der Waals surface area contributed by atoms with Crippen molar-refractivity contribution in [1.29, 1.82) is 0 Å². The molecule has 0 heterocycles. The van der Waals surface area contributed by atoms with Crippen LogP contribution in [0.3, 0.4) is 0 Å². The Kier molecular flexibility index (Phi) is 4.39. The first-order valence-electron chi connectivity index (χ1n) is 7.34. The normalized spacial score (nSPS) is 10.5. The van der Waals surface area contributed by atoms with Gasteiger partial charge in [-0.05, 0) is 23.3 Å². The van der Waals surface area contributed by atoms with Gasteiger partial charge in [0.1, 0.15) is 17.4 Å². The van der Waals surface area contributed by atoms with Crippen LogP contribution in [0, 0.1) is 0 Å². The Morgan fingerprint density at radius 2 is 1.22 bits per heavy atom. The fraction of sp³-hybridized carbons (Fsp3) is 0.0500. The monoisotopic (exact) mass is 304 g/mol. The number of aromatic carboxylic acids is 1. The van der Waals surface area contributed by atoms with Gasteiger partial charge in [0, 0.05) is 0 Å². The first-order chi connectivity index (χ1) is 11.3. The van der Waals surface area contributed by atoms with Crippen molar-refractivity contribution in [3.05, 3.63) is 102 Å². The number of para-hydroxylation sites is 1. The molecule has 0 aliphatic rings. The predicted molar refractivity (Wildman–Crippen MR) is 88.8 cm³/mol. The van der Waals surface area contributed by atoms with Crippen molar-refractivity contribution < 1.29 is 14.6 Å². The van der Waals surface area contributed by atoms with Crippen molar-refractivity contribution in [2.45, 2.75) is 6.10 Å². The van der Waals surface area contributed by atoms with Crippen LogP contribution in [0.4, 0.5) is 0 Å². The van der Waals surface area contributed by atoms with Gasteiger partial charge in [-0.3, -0.25) is 0 Å². The molecule has 0 amide bonds. The molecule has 1 N–H and O–H groups in total. The van der Waals surface area contributed by atoms with E-state index in [0.717, 1.165) is 11.1 Å². The third-order valence-corrected chi connectivity index (χ3v) is 3.57. The summed E-state index contributed by atoms with van der Waals surface area (Å²) < 4.78 is 6.10. The zero-order chi connectivity index (χ0) is 16.1. The van der Waals surface area contributed by atoms with Gasteiger partial charge in [0.05, 0.1) is 0 Å². The Morgan fingerprint density at radius 1 is 0.739 bits per heavy atom. The van der Waals surface area contributed by atoms with E-state index in [0.29, 0.717) is 5.75 Å². The molecule has 3 heteroatoms. The lowest BCUT2D eigenvalue weighted by atomic mass is 10.0. The molecular weight excluding hydrogens is 288 g/mol. The first-order valence-corrected chi connectivity index (χ1v) is 7.34. The Hall–Kier alpha value is -3.07. The molecule has 0 aliphatic carbocycles. The van der Waals surface area contributed by atoms with Crippen molar-refractivity contribution in [3.8, 4) is 5.75 Å². The minimum absolute atomic E-state index is 0.157. The minimum atomic E-state index is -1.000. The minimum Gasteiger partial charge on any atom is -0.480 e. The van der Waals surface area contributed by atoms with Crippen molar-refractivity contribution in [3.63, 3.8) is 0 Å². The molecule has 0 aliphatic heterocycles. The van der Waals surface area contributed by atoms with E-state index < -0.39 is 5.97 Å². The molecule has 0 unspecified atom stereocenters. The largest absolute Gasteiger partial charge is 0.480 e. The van der Waals surface area contributed by atoms with E-state index in [4.69, 9.17) is 4.74 Å². The van der Waals surface area contributed by atoms with E-state index in [1.807, 2.05) is 60.7 Å². The molecule has 3 aromatic carbocycles. The van der Waals surface area contributed by atoms with Gasteiger partial charge < -0.3 is 9.84 Å². The van der Waals surface area contributed by atoms with Crippen molar-refractivity contribution in [1.82, 2.24) is 0 Å². The summed E-state index contributed by atoms with van der Waals surface area (Å²) in [7, 11) is 0. The van der Waals surface area contributed by atoms with Crippen LogP contribution >= 0.6 is 0 Å². The molecule has 114 valence electrons. The fourth-order valence-electron chi connectivity index (χ4n) is 2.46. The number of carboxylic acid groups (broad SMARTS) is 1. The quantitative estimate of drug-likeness (QED) is 0.752. The van der Waals surface area contributed by atoms with Gasteiger partial charge in [0.2, 0.25) is 0 Å². The van der Waals surface area contributed by atoms with Crippen LogP contribution in [0.25, 0.3) is 0 Å². The molecule has 0 radical (unpaired) electrons. The van der Waals surface area contributed by atoms with Gasteiger partial charge >= 0.3 is 5.97 Å². The Balaban J connectivity index is 2.02. The summed E-state index contributed by atoms with van der Waals surface area (Å²) in [5.41, 5.74) is 2.10. The topological polar surface area (TPSA) is 46.5 Å². The molecular formula is C20H16O3. The lowest BCUT2D eigenvalue weighted by molar-refractivity contribution is 0.0690. The third-order valence-electron chi connectivity index (χ3n) is 3.57. The highest BCUT2D eigenvalue weighted by Gasteiger charge is 2.19. The second kappa shape index (κ2) is 6.79. The third kappa shape index (κ3) is 3.40. The zero-order valence-corrected chi connectivity index (χ0v) is 12.4. The Bertz CT molecular complexity index is 743. The lowest BCUT2D eigenvalue weighted by Crippen LogP contribution is -2.11. The average molecular weight is 304 g/mol. The first kappa shape index (κ1) is 14.9. The van der Waals surface area contributed by atoms with Gasteiger partial charge in [-0.1, -0.05) is 72.8 Å². The summed E-state index contributed by atoms with van der Waals surface area (Å²) >= 11 is 0. The van der Waals surface area contributed by atoms with E-state index in [-0.39, 0.29) is 11.7 Å². The van der Waals surface area contributed by atoms with Gasteiger partial charge in [-0.25, -0.2) is 4.79 Å². The lowest BCUT2D eigenvalue weighted by Gasteiger charge is -2.21.